The molecule has 1 amide bonds. The van der Waals surface area contributed by atoms with Gasteiger partial charge in [0.25, 0.3) is 0 Å². The Morgan fingerprint density at radius 3 is 2.27 bits per heavy atom. The van der Waals surface area contributed by atoms with Gasteiger partial charge in [-0.2, -0.15) is 0 Å². The summed E-state index contributed by atoms with van der Waals surface area (Å²) < 4.78 is 13.3. The molecular weight excluding hydrogens is 464 g/mol. The molecule has 0 saturated heterocycles. The maximum Gasteiger partial charge on any atom is 0.310 e. The molecule has 6 heteroatoms. The molecule has 0 N–H and O–H groups in total. The molecule has 0 aliphatic heterocycles. The van der Waals surface area contributed by atoms with Crippen molar-refractivity contribution in [3.63, 3.8) is 0 Å². The minimum atomic E-state index is -0.286. The zero-order chi connectivity index (χ0) is 26.2. The number of aromatic nitrogens is 1. The fraction of sp³-hybridized carbons (Fsp3) is 0.290. The first-order valence-corrected chi connectivity index (χ1v) is 12.7. The lowest BCUT2D eigenvalue weighted by Gasteiger charge is -2.19. The van der Waals surface area contributed by atoms with Crippen LogP contribution in [0.1, 0.15) is 29.3 Å². The van der Waals surface area contributed by atoms with Crippen LogP contribution in [0.2, 0.25) is 0 Å². The topological polar surface area (TPSA) is 60.8 Å². The van der Waals surface area contributed by atoms with Crippen molar-refractivity contribution in [2.45, 2.75) is 39.8 Å². The smallest absolute Gasteiger partial charge is 0.310 e. The van der Waals surface area contributed by atoms with Gasteiger partial charge in [0.15, 0.2) is 0 Å². The number of carbonyl (C=O) groups is 2. The van der Waals surface area contributed by atoms with E-state index in [0.29, 0.717) is 25.5 Å². The molecule has 0 aliphatic rings. The first-order chi connectivity index (χ1) is 18.0. The third-order valence-electron chi connectivity index (χ3n) is 6.60. The van der Waals surface area contributed by atoms with Crippen LogP contribution in [0.15, 0.2) is 78.9 Å². The van der Waals surface area contributed by atoms with Gasteiger partial charge in [0.05, 0.1) is 13.0 Å². The molecule has 1 aromatic heterocycles. The minimum absolute atomic E-state index is 0.0167. The number of hydrogen-bond donors (Lipinski definition) is 0. The summed E-state index contributed by atoms with van der Waals surface area (Å²) in [6.45, 7) is 5.36. The molecule has 0 radical (unpaired) electrons. The van der Waals surface area contributed by atoms with Gasteiger partial charge >= 0.3 is 5.97 Å². The summed E-state index contributed by atoms with van der Waals surface area (Å²) in [5.74, 6) is 0.444. The molecule has 0 unspecified atom stereocenters. The Kier molecular flexibility index (Phi) is 8.62. The lowest BCUT2D eigenvalue weighted by atomic mass is 10.1. The van der Waals surface area contributed by atoms with Crippen molar-refractivity contribution in [2.75, 3.05) is 20.2 Å². The number of likely N-dealkylation sites (N-methyl/N-ethyl adjacent to an activating group) is 1. The molecule has 37 heavy (non-hydrogen) atoms. The maximum absolute atomic E-state index is 13.2. The van der Waals surface area contributed by atoms with Gasteiger partial charge in [-0.25, -0.2) is 0 Å². The number of nitrogens with zero attached hydrogens (tertiary/aromatic N) is 2. The quantitative estimate of drug-likeness (QED) is 0.262. The number of fused-ring (bicyclic) bond motifs is 1. The van der Waals surface area contributed by atoms with Crippen molar-refractivity contribution in [1.82, 2.24) is 9.47 Å². The van der Waals surface area contributed by atoms with E-state index in [4.69, 9.17) is 9.47 Å². The Balaban J connectivity index is 1.57. The average molecular weight is 499 g/mol. The van der Waals surface area contributed by atoms with E-state index in [1.54, 1.807) is 11.8 Å². The van der Waals surface area contributed by atoms with E-state index in [2.05, 4.69) is 12.1 Å². The van der Waals surface area contributed by atoms with Crippen LogP contribution >= 0.6 is 0 Å². The highest BCUT2D eigenvalue weighted by atomic mass is 16.5. The van der Waals surface area contributed by atoms with Crippen LogP contribution in [-0.2, 0) is 40.3 Å². The van der Waals surface area contributed by atoms with Crippen LogP contribution in [0.25, 0.3) is 10.9 Å². The maximum atomic E-state index is 13.2. The Labute approximate surface area is 218 Å². The molecule has 4 rings (SSSR count). The molecule has 0 fully saturated rings. The molecule has 4 aromatic rings. The minimum Gasteiger partial charge on any atom is -0.489 e. The number of esters is 1. The standard InChI is InChI=1S/C31H34N2O4/c1-4-36-31(35)20-27-23(2)33(21-30(34)32(3)18-17-24-11-7-5-8-12-24)29-16-15-26(19-28(27)29)37-22-25-13-9-6-10-14-25/h5-16,19H,4,17-18,20-22H2,1-3H3. The van der Waals surface area contributed by atoms with Gasteiger partial charge < -0.3 is 18.9 Å². The summed E-state index contributed by atoms with van der Waals surface area (Å²) in [5.41, 5.74) is 4.91. The van der Waals surface area contributed by atoms with Crippen LogP contribution in [0, 0.1) is 6.92 Å². The predicted octanol–water partition coefficient (Wildman–Crippen LogP) is 5.34. The third kappa shape index (κ3) is 6.58. The van der Waals surface area contributed by atoms with E-state index in [1.165, 1.54) is 5.56 Å². The van der Waals surface area contributed by atoms with Crippen molar-refractivity contribution in [2.24, 2.45) is 0 Å². The number of rotatable bonds is 11. The van der Waals surface area contributed by atoms with Crippen molar-refractivity contribution in [1.29, 1.82) is 0 Å². The molecule has 0 aliphatic carbocycles. The van der Waals surface area contributed by atoms with Crippen LogP contribution in [0.4, 0.5) is 0 Å². The average Bonchev–Trinajstić information content (AvgIpc) is 3.17. The summed E-state index contributed by atoms with van der Waals surface area (Å²) in [4.78, 5) is 27.4. The van der Waals surface area contributed by atoms with Crippen LogP contribution < -0.4 is 4.74 Å². The fourth-order valence-corrected chi connectivity index (χ4v) is 4.47. The highest BCUT2D eigenvalue weighted by Crippen LogP contribution is 2.30. The largest absolute Gasteiger partial charge is 0.489 e. The Morgan fingerprint density at radius 2 is 1.59 bits per heavy atom. The highest BCUT2D eigenvalue weighted by molar-refractivity contribution is 5.91. The second kappa shape index (κ2) is 12.3. The molecule has 0 atom stereocenters. The molecule has 3 aromatic carbocycles. The van der Waals surface area contributed by atoms with E-state index in [9.17, 15) is 9.59 Å². The van der Waals surface area contributed by atoms with E-state index < -0.39 is 0 Å². The summed E-state index contributed by atoms with van der Waals surface area (Å²) in [5, 5.41) is 0.899. The monoisotopic (exact) mass is 498 g/mol. The van der Waals surface area contributed by atoms with Gasteiger partial charge in [-0.15, -0.1) is 0 Å². The van der Waals surface area contributed by atoms with Gasteiger partial charge in [-0.1, -0.05) is 60.7 Å². The highest BCUT2D eigenvalue weighted by Gasteiger charge is 2.21. The summed E-state index contributed by atoms with van der Waals surface area (Å²) in [7, 11) is 1.83. The Morgan fingerprint density at radius 1 is 0.919 bits per heavy atom. The van der Waals surface area contributed by atoms with Gasteiger partial charge in [-0.05, 0) is 55.2 Å². The zero-order valence-corrected chi connectivity index (χ0v) is 21.8. The Hall–Kier alpha value is -4.06. The van der Waals surface area contributed by atoms with Crippen molar-refractivity contribution >= 4 is 22.8 Å². The van der Waals surface area contributed by atoms with Crippen molar-refractivity contribution in [3.05, 3.63) is 101 Å². The predicted molar refractivity (Wildman–Crippen MR) is 146 cm³/mol. The van der Waals surface area contributed by atoms with E-state index >= 15 is 0 Å². The van der Waals surface area contributed by atoms with Gasteiger partial charge in [0.2, 0.25) is 5.91 Å². The van der Waals surface area contributed by atoms with Crippen molar-refractivity contribution in [3.8, 4) is 5.75 Å². The number of carbonyl (C=O) groups excluding carboxylic acids is 2. The van der Waals surface area contributed by atoms with Gasteiger partial charge in [0, 0.05) is 30.2 Å². The number of ether oxygens (including phenoxy) is 2. The summed E-state index contributed by atoms with van der Waals surface area (Å²) >= 11 is 0. The van der Waals surface area contributed by atoms with Crippen LogP contribution in [-0.4, -0.2) is 41.5 Å². The van der Waals surface area contributed by atoms with Crippen LogP contribution in [0.5, 0.6) is 5.75 Å². The molecule has 0 spiro atoms. The molecule has 0 bridgehead atoms. The summed E-state index contributed by atoms with van der Waals surface area (Å²) in [6.07, 6.45) is 0.939. The number of hydrogen-bond acceptors (Lipinski definition) is 4. The molecule has 192 valence electrons. The van der Waals surface area contributed by atoms with E-state index in [-0.39, 0.29) is 24.8 Å². The number of benzene rings is 3. The van der Waals surface area contributed by atoms with Crippen molar-refractivity contribution < 1.29 is 19.1 Å². The third-order valence-corrected chi connectivity index (χ3v) is 6.60. The second-order valence-electron chi connectivity index (χ2n) is 9.14. The lowest BCUT2D eigenvalue weighted by molar-refractivity contribution is -0.142. The second-order valence-corrected chi connectivity index (χ2v) is 9.14. The molecular formula is C31H34N2O4. The first-order valence-electron chi connectivity index (χ1n) is 12.7. The molecule has 0 saturated carbocycles. The molecule has 6 nitrogen and oxygen atoms in total. The normalized spacial score (nSPS) is 10.9. The number of amides is 1. The van der Waals surface area contributed by atoms with Gasteiger partial charge in [0.1, 0.15) is 18.9 Å². The SMILES string of the molecule is CCOC(=O)Cc1c(C)n(CC(=O)N(C)CCc2ccccc2)c2ccc(OCc3ccccc3)cc12. The Bertz CT molecular complexity index is 1350. The summed E-state index contributed by atoms with van der Waals surface area (Å²) in [6, 6.07) is 26.0. The molecule has 1 heterocycles. The van der Waals surface area contributed by atoms with Gasteiger partial charge in [-0.3, -0.25) is 9.59 Å². The fourth-order valence-electron chi connectivity index (χ4n) is 4.47. The van der Waals surface area contributed by atoms with Crippen LogP contribution in [0.3, 0.4) is 0 Å². The first kappa shape index (κ1) is 26.0. The van der Waals surface area contributed by atoms with E-state index in [0.717, 1.165) is 34.1 Å². The van der Waals surface area contributed by atoms with E-state index in [1.807, 2.05) is 85.3 Å². The lowest BCUT2D eigenvalue weighted by Crippen LogP contribution is -2.32. The zero-order valence-electron chi connectivity index (χ0n) is 21.8.